The molecule has 2 aromatic carbocycles. The third kappa shape index (κ3) is 3.38. The van der Waals surface area contributed by atoms with Crippen LogP contribution in [0.3, 0.4) is 0 Å². The van der Waals surface area contributed by atoms with Gasteiger partial charge in [0.15, 0.2) is 0 Å². The number of benzene rings is 2. The average Bonchev–Trinajstić information content (AvgIpc) is 3.32. The van der Waals surface area contributed by atoms with Gasteiger partial charge in [0.25, 0.3) is 0 Å². The van der Waals surface area contributed by atoms with Crippen LogP contribution in [0.25, 0.3) is 0 Å². The molecule has 0 amide bonds. The molecule has 0 bridgehead atoms. The van der Waals surface area contributed by atoms with E-state index in [0.29, 0.717) is 11.1 Å². The SMILES string of the molecule is COP12(OCCO1)O[C@H](c1ccc([N+](=O)[O-])cc1)[C@H](c1ccc([N+](=O)[O-])cc1)O2. The Bertz CT molecular complexity index is 875. The molecule has 0 N–H and O–H groups in total. The minimum atomic E-state index is -4.31. The van der Waals surface area contributed by atoms with Crippen molar-refractivity contribution in [3.63, 3.8) is 0 Å². The van der Waals surface area contributed by atoms with Crippen molar-refractivity contribution >= 4 is 19.1 Å². The maximum atomic E-state index is 10.9. The van der Waals surface area contributed by atoms with Gasteiger partial charge in [-0.3, -0.25) is 0 Å². The van der Waals surface area contributed by atoms with Crippen LogP contribution < -0.4 is 0 Å². The Morgan fingerprint density at radius 3 is 1.52 bits per heavy atom. The molecule has 2 aromatic rings. The summed E-state index contributed by atoms with van der Waals surface area (Å²) in [5.74, 6) is 0. The first kappa shape index (κ1) is 19.8. The first-order valence-electron chi connectivity index (χ1n) is 8.60. The van der Waals surface area contributed by atoms with Crippen molar-refractivity contribution in [2.75, 3.05) is 20.3 Å². The fraction of sp³-hybridized carbons (Fsp3) is 0.294. The van der Waals surface area contributed by atoms with E-state index < -0.39 is 29.8 Å². The number of rotatable bonds is 5. The van der Waals surface area contributed by atoms with E-state index in [9.17, 15) is 20.2 Å². The Kier molecular flexibility index (Phi) is 4.82. The van der Waals surface area contributed by atoms with E-state index in [-0.39, 0.29) is 24.6 Å². The average molecular weight is 424 g/mol. The van der Waals surface area contributed by atoms with E-state index in [0.717, 1.165) is 0 Å². The predicted molar refractivity (Wildman–Crippen MR) is 99.7 cm³/mol. The van der Waals surface area contributed by atoms with Crippen molar-refractivity contribution in [3.8, 4) is 0 Å². The molecule has 0 aliphatic carbocycles. The third-order valence-electron chi connectivity index (χ3n) is 4.70. The Labute approximate surface area is 164 Å². The normalized spacial score (nSPS) is 26.0. The van der Waals surface area contributed by atoms with Crippen molar-refractivity contribution in [3.05, 3.63) is 79.9 Å². The van der Waals surface area contributed by atoms with Gasteiger partial charge in [-0.05, 0) is 0 Å². The van der Waals surface area contributed by atoms with E-state index in [4.69, 9.17) is 22.6 Å². The molecule has 0 saturated carbocycles. The number of hydrogen-bond donors (Lipinski definition) is 0. The van der Waals surface area contributed by atoms with Gasteiger partial charge in [0.05, 0.1) is 0 Å². The predicted octanol–water partition coefficient (Wildman–Crippen LogP) is 4.15. The summed E-state index contributed by atoms with van der Waals surface area (Å²) in [6.45, 7) is 0.428. The number of hydrogen-bond acceptors (Lipinski definition) is 9. The second-order valence-corrected chi connectivity index (χ2v) is 9.14. The molecule has 2 saturated heterocycles. The summed E-state index contributed by atoms with van der Waals surface area (Å²) in [5.41, 5.74) is 1.02. The summed E-state index contributed by atoms with van der Waals surface area (Å²) in [4.78, 5) is 20.9. The van der Waals surface area contributed by atoms with Crippen LogP contribution in [0.1, 0.15) is 23.3 Å². The van der Waals surface area contributed by atoms with E-state index in [1.54, 1.807) is 24.3 Å². The van der Waals surface area contributed by atoms with Crippen molar-refractivity contribution in [2.24, 2.45) is 0 Å². The second-order valence-electron chi connectivity index (χ2n) is 6.34. The Balaban J connectivity index is 1.75. The molecule has 2 heterocycles. The van der Waals surface area contributed by atoms with E-state index in [2.05, 4.69) is 0 Å². The Morgan fingerprint density at radius 2 is 1.21 bits per heavy atom. The van der Waals surface area contributed by atoms with Crippen molar-refractivity contribution < 1.29 is 32.5 Å². The standard InChI is InChI=1S/C17H17N2O9P/c1-24-29(25-10-11-26-29)27-16(12-2-6-14(7-3-12)18(20)21)17(28-29)13-4-8-15(9-5-13)19(22)23/h2-9,16-17H,10-11H2,1H3/t16-,17+. The van der Waals surface area contributed by atoms with Gasteiger partial charge in [-0.2, -0.15) is 0 Å². The summed E-state index contributed by atoms with van der Waals surface area (Å²) in [6.07, 6.45) is -1.54. The molecule has 29 heavy (non-hydrogen) atoms. The van der Waals surface area contributed by atoms with Crippen LogP contribution in [0.15, 0.2) is 48.5 Å². The summed E-state index contributed by atoms with van der Waals surface area (Å²) in [7, 11) is -2.96. The Morgan fingerprint density at radius 1 is 0.828 bits per heavy atom. The summed E-state index contributed by atoms with van der Waals surface area (Å²) >= 11 is 0. The molecule has 0 aromatic heterocycles. The topological polar surface area (TPSA) is 132 Å². The number of non-ortho nitro benzene ring substituents is 2. The van der Waals surface area contributed by atoms with Crippen LogP contribution in [-0.2, 0) is 22.6 Å². The van der Waals surface area contributed by atoms with E-state index >= 15 is 0 Å². The molecule has 2 atom stereocenters. The molecular formula is C17H17N2O9P. The third-order valence-corrected chi connectivity index (χ3v) is 7.64. The molecule has 154 valence electrons. The van der Waals surface area contributed by atoms with Gasteiger partial charge in [0, 0.05) is 0 Å². The summed E-state index contributed by atoms with van der Waals surface area (Å²) in [5, 5.41) is 21.9. The van der Waals surface area contributed by atoms with Crippen molar-refractivity contribution in [2.45, 2.75) is 12.2 Å². The molecule has 11 nitrogen and oxygen atoms in total. The zero-order valence-corrected chi connectivity index (χ0v) is 16.1. The quantitative estimate of drug-likeness (QED) is 0.394. The van der Waals surface area contributed by atoms with Gasteiger partial charge < -0.3 is 0 Å². The van der Waals surface area contributed by atoms with Crippen LogP contribution in [0.2, 0.25) is 0 Å². The fourth-order valence-electron chi connectivity index (χ4n) is 3.27. The second kappa shape index (κ2) is 7.06. The van der Waals surface area contributed by atoms with Crippen LogP contribution >= 0.6 is 7.74 Å². The maximum absolute atomic E-state index is 10.9. The zero-order valence-electron chi connectivity index (χ0n) is 15.2. The molecule has 0 unspecified atom stereocenters. The number of nitrogens with zero attached hydrogens (tertiary/aromatic N) is 2. The van der Waals surface area contributed by atoms with Gasteiger partial charge in [0.2, 0.25) is 0 Å². The van der Waals surface area contributed by atoms with Gasteiger partial charge in [-0.25, -0.2) is 0 Å². The number of nitro benzene ring substituents is 2. The molecule has 2 aliphatic rings. The van der Waals surface area contributed by atoms with Crippen LogP contribution in [0, 0.1) is 20.2 Å². The molecule has 4 rings (SSSR count). The minimum absolute atomic E-state index is 0.0689. The van der Waals surface area contributed by atoms with Crippen LogP contribution in [0.4, 0.5) is 11.4 Å². The number of nitro groups is 2. The van der Waals surface area contributed by atoms with E-state index in [1.807, 2.05) is 0 Å². The molecule has 2 fully saturated rings. The molecule has 0 radical (unpaired) electrons. The van der Waals surface area contributed by atoms with Crippen molar-refractivity contribution in [1.82, 2.24) is 0 Å². The molecule has 2 aliphatic heterocycles. The van der Waals surface area contributed by atoms with Gasteiger partial charge in [-0.15, -0.1) is 0 Å². The fourth-order valence-corrected chi connectivity index (χ4v) is 5.97. The zero-order chi connectivity index (χ0) is 20.7. The molecule has 12 heteroatoms. The summed E-state index contributed by atoms with van der Waals surface area (Å²) < 4.78 is 29.1. The molecular weight excluding hydrogens is 407 g/mol. The van der Waals surface area contributed by atoms with Crippen molar-refractivity contribution in [1.29, 1.82) is 0 Å². The molecule has 1 spiro atoms. The van der Waals surface area contributed by atoms with Gasteiger partial charge in [-0.1, -0.05) is 0 Å². The van der Waals surface area contributed by atoms with Gasteiger partial charge in [0.1, 0.15) is 0 Å². The monoisotopic (exact) mass is 424 g/mol. The first-order chi connectivity index (χ1) is 13.8. The summed E-state index contributed by atoms with van der Waals surface area (Å²) in [6, 6.07) is 11.6. The first-order valence-corrected chi connectivity index (χ1v) is 10.4. The Hall–Kier alpha value is -2.53. The van der Waals surface area contributed by atoms with Crippen LogP contribution in [-0.4, -0.2) is 30.2 Å². The van der Waals surface area contributed by atoms with E-state index in [1.165, 1.54) is 31.4 Å². The van der Waals surface area contributed by atoms with Crippen LogP contribution in [0.5, 0.6) is 0 Å². The van der Waals surface area contributed by atoms with Gasteiger partial charge >= 0.3 is 164 Å².